The summed E-state index contributed by atoms with van der Waals surface area (Å²) in [5.41, 5.74) is 11.9. The summed E-state index contributed by atoms with van der Waals surface area (Å²) in [6.45, 7) is 0. The summed E-state index contributed by atoms with van der Waals surface area (Å²) in [6.07, 6.45) is 0. The van der Waals surface area contributed by atoms with Crippen LogP contribution in [0.4, 0.5) is 0 Å². The number of hydrogen-bond donors (Lipinski definition) is 0. The third-order valence-electron chi connectivity index (χ3n) is 11.3. The predicted octanol–water partition coefficient (Wildman–Crippen LogP) is 14.8. The second-order valence-electron chi connectivity index (χ2n) is 14.7. The SMILES string of the molecule is c1ccc(-c2cc(-c3ccc(-c4cccc5c4sc4c5ccc5c(-c6ccccc6)nc6ccccc6c54)cc3)nc(-c3ccc4c(c3)oc3ccccc34)n2)cc1. The maximum absolute atomic E-state index is 6.26. The van der Waals surface area contributed by atoms with E-state index in [4.69, 9.17) is 19.4 Å². The highest BCUT2D eigenvalue weighted by molar-refractivity contribution is 7.27. The maximum Gasteiger partial charge on any atom is 0.160 e. The van der Waals surface area contributed by atoms with Gasteiger partial charge in [0.05, 0.1) is 22.6 Å². The van der Waals surface area contributed by atoms with Crippen molar-refractivity contribution in [2.75, 3.05) is 0 Å². The molecule has 0 amide bonds. The van der Waals surface area contributed by atoms with Gasteiger partial charge in [-0.25, -0.2) is 15.0 Å². The van der Waals surface area contributed by atoms with Gasteiger partial charge < -0.3 is 4.42 Å². The van der Waals surface area contributed by atoms with Gasteiger partial charge in [-0.05, 0) is 41.5 Å². The van der Waals surface area contributed by atoms with Gasteiger partial charge in [0.15, 0.2) is 5.82 Å². The molecule has 4 nitrogen and oxygen atoms in total. The van der Waals surface area contributed by atoms with Gasteiger partial charge in [-0.15, -0.1) is 11.3 Å². The van der Waals surface area contributed by atoms with Gasteiger partial charge in [0.2, 0.25) is 0 Å². The summed E-state index contributed by atoms with van der Waals surface area (Å²) in [5.74, 6) is 0.656. The smallest absolute Gasteiger partial charge is 0.160 e. The van der Waals surface area contributed by atoms with Crippen LogP contribution in [-0.2, 0) is 0 Å². The lowest BCUT2D eigenvalue weighted by Gasteiger charge is -2.11. The Kier molecular flexibility index (Phi) is 7.37. The van der Waals surface area contributed by atoms with Crippen LogP contribution in [0.15, 0.2) is 192 Å². The molecule has 8 aromatic carbocycles. The fraction of sp³-hybridized carbons (Fsp3) is 0. The van der Waals surface area contributed by atoms with Crippen LogP contribution in [0.5, 0.6) is 0 Å². The molecule has 12 rings (SSSR count). The molecule has 0 N–H and O–H groups in total. The van der Waals surface area contributed by atoms with Crippen molar-refractivity contribution in [2.24, 2.45) is 0 Å². The molecular weight excluding hydrogens is 727 g/mol. The molecule has 5 heteroatoms. The molecule has 4 heterocycles. The lowest BCUT2D eigenvalue weighted by Crippen LogP contribution is -1.96. The second-order valence-corrected chi connectivity index (χ2v) is 15.7. The highest BCUT2D eigenvalue weighted by Gasteiger charge is 2.19. The van der Waals surface area contributed by atoms with Crippen molar-refractivity contribution in [1.29, 1.82) is 0 Å². The number of fused-ring (bicyclic) bond motifs is 10. The number of rotatable bonds is 5. The molecule has 0 unspecified atom stereocenters. The van der Waals surface area contributed by atoms with Gasteiger partial charge in [-0.3, -0.25) is 0 Å². The van der Waals surface area contributed by atoms with E-state index in [0.29, 0.717) is 5.82 Å². The van der Waals surface area contributed by atoms with Crippen molar-refractivity contribution in [1.82, 2.24) is 15.0 Å². The predicted molar refractivity (Wildman–Crippen MR) is 242 cm³/mol. The van der Waals surface area contributed by atoms with E-state index in [9.17, 15) is 0 Å². The zero-order chi connectivity index (χ0) is 38.2. The van der Waals surface area contributed by atoms with Crippen LogP contribution in [0.2, 0.25) is 0 Å². The average molecular weight is 758 g/mol. The number of nitrogens with zero attached hydrogens (tertiary/aromatic N) is 3. The lowest BCUT2D eigenvalue weighted by atomic mass is 9.97. The van der Waals surface area contributed by atoms with Crippen LogP contribution in [0, 0.1) is 0 Å². The van der Waals surface area contributed by atoms with Crippen LogP contribution < -0.4 is 0 Å². The van der Waals surface area contributed by atoms with E-state index in [-0.39, 0.29) is 0 Å². The molecule has 0 saturated heterocycles. The minimum absolute atomic E-state index is 0.656. The normalized spacial score (nSPS) is 11.8. The molecule has 12 aromatic rings. The first-order chi connectivity index (χ1) is 28.7. The largest absolute Gasteiger partial charge is 0.456 e. The van der Waals surface area contributed by atoms with E-state index in [1.54, 1.807) is 0 Å². The number of para-hydroxylation sites is 2. The van der Waals surface area contributed by atoms with E-state index in [0.717, 1.165) is 72.4 Å². The molecule has 0 aliphatic carbocycles. The van der Waals surface area contributed by atoms with Crippen molar-refractivity contribution in [2.45, 2.75) is 0 Å². The van der Waals surface area contributed by atoms with Gasteiger partial charge in [0, 0.05) is 69.4 Å². The minimum atomic E-state index is 0.656. The third-order valence-corrected chi connectivity index (χ3v) is 12.6. The molecule has 0 aliphatic rings. The first kappa shape index (κ1) is 32.7. The molecule has 58 heavy (non-hydrogen) atoms. The van der Waals surface area contributed by atoms with Crippen LogP contribution >= 0.6 is 11.3 Å². The molecule has 0 saturated carbocycles. The Morgan fingerprint density at radius 3 is 1.76 bits per heavy atom. The number of benzene rings is 8. The third kappa shape index (κ3) is 5.25. The zero-order valence-electron chi connectivity index (χ0n) is 31.1. The van der Waals surface area contributed by atoms with Gasteiger partial charge >= 0.3 is 0 Å². The number of aromatic nitrogens is 3. The fourth-order valence-corrected chi connectivity index (χ4v) is 9.90. The molecule has 0 spiro atoms. The Morgan fingerprint density at radius 1 is 0.362 bits per heavy atom. The number of pyridine rings is 1. The van der Waals surface area contributed by atoms with E-state index in [2.05, 4.69) is 152 Å². The number of hydrogen-bond acceptors (Lipinski definition) is 5. The summed E-state index contributed by atoms with van der Waals surface area (Å²) >= 11 is 1.88. The van der Waals surface area contributed by atoms with Crippen molar-refractivity contribution >= 4 is 75.1 Å². The summed E-state index contributed by atoms with van der Waals surface area (Å²) in [4.78, 5) is 15.4. The van der Waals surface area contributed by atoms with Crippen molar-refractivity contribution in [3.63, 3.8) is 0 Å². The Bertz CT molecular complexity index is 3550. The van der Waals surface area contributed by atoms with E-state index in [1.165, 1.54) is 41.9 Å². The van der Waals surface area contributed by atoms with E-state index < -0.39 is 0 Å². The molecule has 0 atom stereocenters. The number of thiophene rings is 1. The first-order valence-electron chi connectivity index (χ1n) is 19.4. The first-order valence-corrected chi connectivity index (χ1v) is 20.2. The minimum Gasteiger partial charge on any atom is -0.456 e. The van der Waals surface area contributed by atoms with Gasteiger partial charge in [-0.2, -0.15) is 0 Å². The van der Waals surface area contributed by atoms with Crippen molar-refractivity contribution in [3.8, 4) is 56.3 Å². The monoisotopic (exact) mass is 757 g/mol. The van der Waals surface area contributed by atoms with Crippen molar-refractivity contribution in [3.05, 3.63) is 188 Å². The molecular formula is C53H31N3OS. The number of furan rings is 1. The highest BCUT2D eigenvalue weighted by atomic mass is 32.1. The second kappa shape index (κ2) is 13.1. The van der Waals surface area contributed by atoms with Crippen molar-refractivity contribution < 1.29 is 4.42 Å². The lowest BCUT2D eigenvalue weighted by molar-refractivity contribution is 0.669. The quantitative estimate of drug-likeness (QED) is 0.164. The summed E-state index contributed by atoms with van der Waals surface area (Å²) < 4.78 is 8.82. The molecule has 270 valence electrons. The fourth-order valence-electron chi connectivity index (χ4n) is 8.50. The van der Waals surface area contributed by atoms with Gasteiger partial charge in [0.1, 0.15) is 11.2 Å². The Morgan fingerprint density at radius 2 is 0.948 bits per heavy atom. The zero-order valence-corrected chi connectivity index (χ0v) is 31.9. The van der Waals surface area contributed by atoms with Crippen LogP contribution in [0.25, 0.3) is 120 Å². The van der Waals surface area contributed by atoms with E-state index >= 15 is 0 Å². The van der Waals surface area contributed by atoms with Gasteiger partial charge in [-0.1, -0.05) is 158 Å². The summed E-state index contributed by atoms with van der Waals surface area (Å²) in [7, 11) is 0. The van der Waals surface area contributed by atoms with Crippen LogP contribution in [-0.4, -0.2) is 15.0 Å². The molecule has 4 aromatic heterocycles. The highest BCUT2D eigenvalue weighted by Crippen LogP contribution is 2.46. The molecule has 0 radical (unpaired) electrons. The van der Waals surface area contributed by atoms with Crippen LogP contribution in [0.3, 0.4) is 0 Å². The molecule has 0 aliphatic heterocycles. The van der Waals surface area contributed by atoms with Gasteiger partial charge in [0.25, 0.3) is 0 Å². The average Bonchev–Trinajstić information content (AvgIpc) is 3.87. The maximum atomic E-state index is 6.26. The Labute approximate surface area is 337 Å². The summed E-state index contributed by atoms with van der Waals surface area (Å²) in [5, 5.41) is 8.33. The Balaban J connectivity index is 0.987. The topological polar surface area (TPSA) is 51.8 Å². The van der Waals surface area contributed by atoms with E-state index in [1.807, 2.05) is 47.7 Å². The molecule has 0 bridgehead atoms. The molecule has 0 fully saturated rings. The standard InChI is InChI=1S/C53H31N3OS/c1-3-12-33(13-4-1)45-31-46(56-53(55-45)36-26-27-39-38-16-8-10-21-47(38)57-48(39)30-36)34-24-22-32(23-25-34)37-18-11-19-40-41-28-29-43-49(52(41)58-51(37)40)42-17-7-9-20-44(42)54-50(43)35-14-5-2-6-15-35/h1-31H. The van der Waals surface area contributed by atoms with Crippen LogP contribution in [0.1, 0.15) is 0 Å². The Hall–Kier alpha value is -7.47. The summed E-state index contributed by atoms with van der Waals surface area (Å²) in [6, 6.07) is 66.0.